The molecule has 0 radical (unpaired) electrons. The molecule has 1 aromatic heterocycles. The van der Waals surface area contributed by atoms with Crippen molar-refractivity contribution in [3.05, 3.63) is 97.3 Å². The molecule has 2 aliphatic heterocycles. The van der Waals surface area contributed by atoms with E-state index in [0.717, 1.165) is 48.8 Å². The van der Waals surface area contributed by atoms with Crippen molar-refractivity contribution in [1.29, 1.82) is 0 Å². The van der Waals surface area contributed by atoms with Gasteiger partial charge in [0.2, 0.25) is 5.91 Å². The number of anilines is 5. The molecule has 1 saturated carbocycles. The summed E-state index contributed by atoms with van der Waals surface area (Å²) in [6, 6.07) is 24.5. The Morgan fingerprint density at radius 1 is 0.979 bits per heavy atom. The molecule has 1 amide bonds. The molecule has 48 heavy (non-hydrogen) atoms. The van der Waals surface area contributed by atoms with Gasteiger partial charge in [-0.3, -0.25) is 14.5 Å². The topological polar surface area (TPSA) is 104 Å². The molecule has 1 aliphatic carbocycles. The lowest BCUT2D eigenvalue weighted by molar-refractivity contribution is -0.111. The Balaban J connectivity index is 1.13. The van der Waals surface area contributed by atoms with Crippen LogP contribution in [-0.2, 0) is 9.63 Å². The number of benzene rings is 3. The van der Waals surface area contributed by atoms with E-state index in [2.05, 4.69) is 50.0 Å². The summed E-state index contributed by atoms with van der Waals surface area (Å²) in [5.74, 6) is 3.05. The zero-order valence-electron chi connectivity index (χ0n) is 27.3. The zero-order chi connectivity index (χ0) is 33.0. The SMILES string of the molecule is C=CC(=O)Nc1cc(Nc2cc(N3OCCC3c3cccc(Oc4ccccc4)c3)ncn2)c(OC)cc1N1CCN(C2CC2)C(C)C1. The summed E-state index contributed by atoms with van der Waals surface area (Å²) in [7, 11) is 1.64. The van der Waals surface area contributed by atoms with Crippen LogP contribution in [0.25, 0.3) is 0 Å². The van der Waals surface area contributed by atoms with E-state index in [4.69, 9.17) is 14.3 Å². The average Bonchev–Trinajstić information content (AvgIpc) is 3.83. The number of amides is 1. The summed E-state index contributed by atoms with van der Waals surface area (Å²) in [6.45, 7) is 9.19. The average molecular weight is 648 g/mol. The minimum Gasteiger partial charge on any atom is -0.494 e. The summed E-state index contributed by atoms with van der Waals surface area (Å²) in [6.07, 6.45) is 6.14. The van der Waals surface area contributed by atoms with Gasteiger partial charge in [0.05, 0.1) is 36.8 Å². The Labute approximate surface area is 281 Å². The van der Waals surface area contributed by atoms with E-state index >= 15 is 0 Å². The number of hydrogen-bond acceptors (Lipinski definition) is 10. The van der Waals surface area contributed by atoms with Gasteiger partial charge in [-0.15, -0.1) is 0 Å². The number of nitrogens with one attached hydrogen (secondary N) is 2. The lowest BCUT2D eigenvalue weighted by atomic mass is 10.0. The third-order valence-corrected chi connectivity index (χ3v) is 9.06. The fourth-order valence-corrected chi connectivity index (χ4v) is 6.60. The van der Waals surface area contributed by atoms with Crippen LogP contribution in [0.2, 0.25) is 0 Å². The first-order valence-corrected chi connectivity index (χ1v) is 16.5. The van der Waals surface area contributed by atoms with Gasteiger partial charge in [0.1, 0.15) is 29.4 Å². The summed E-state index contributed by atoms with van der Waals surface area (Å²) in [5, 5.41) is 8.24. The lowest BCUT2D eigenvalue weighted by Crippen LogP contribution is -2.52. The molecule has 248 valence electrons. The van der Waals surface area contributed by atoms with Crippen molar-refractivity contribution in [3.8, 4) is 17.2 Å². The quantitative estimate of drug-likeness (QED) is 0.171. The van der Waals surface area contributed by atoms with Crippen molar-refractivity contribution in [2.24, 2.45) is 0 Å². The molecule has 3 heterocycles. The summed E-state index contributed by atoms with van der Waals surface area (Å²) in [4.78, 5) is 32.6. The van der Waals surface area contributed by atoms with Crippen LogP contribution < -0.4 is 30.1 Å². The molecule has 3 aliphatic rings. The van der Waals surface area contributed by atoms with E-state index in [1.807, 2.05) is 71.8 Å². The number of ether oxygens (including phenoxy) is 2. The lowest BCUT2D eigenvalue weighted by Gasteiger charge is -2.42. The van der Waals surface area contributed by atoms with E-state index < -0.39 is 0 Å². The van der Waals surface area contributed by atoms with Crippen LogP contribution in [0.3, 0.4) is 0 Å². The second-order valence-corrected chi connectivity index (χ2v) is 12.4. The first-order valence-electron chi connectivity index (χ1n) is 16.5. The van der Waals surface area contributed by atoms with E-state index in [1.165, 1.54) is 25.2 Å². The number of para-hydroxylation sites is 1. The normalized spacial score (nSPS) is 19.5. The molecule has 3 fully saturated rings. The molecule has 2 saturated heterocycles. The number of rotatable bonds is 11. The number of carbonyl (C=O) groups is 1. The van der Waals surface area contributed by atoms with Gasteiger partial charge >= 0.3 is 0 Å². The first-order chi connectivity index (χ1) is 23.5. The highest BCUT2D eigenvalue weighted by Crippen LogP contribution is 2.41. The van der Waals surface area contributed by atoms with E-state index in [-0.39, 0.29) is 11.9 Å². The van der Waals surface area contributed by atoms with Gasteiger partial charge in [0, 0.05) is 50.3 Å². The van der Waals surface area contributed by atoms with Crippen LogP contribution in [0.4, 0.5) is 28.7 Å². The van der Waals surface area contributed by atoms with Crippen LogP contribution in [0.15, 0.2) is 91.8 Å². The van der Waals surface area contributed by atoms with Gasteiger partial charge in [-0.1, -0.05) is 36.9 Å². The summed E-state index contributed by atoms with van der Waals surface area (Å²) in [5.41, 5.74) is 3.29. The van der Waals surface area contributed by atoms with E-state index in [9.17, 15) is 4.79 Å². The fourth-order valence-electron chi connectivity index (χ4n) is 6.60. The molecule has 4 aromatic rings. The third-order valence-electron chi connectivity index (χ3n) is 9.06. The monoisotopic (exact) mass is 647 g/mol. The number of methoxy groups -OCH3 is 1. The maximum absolute atomic E-state index is 12.6. The Morgan fingerprint density at radius 2 is 1.81 bits per heavy atom. The molecule has 11 nitrogen and oxygen atoms in total. The molecule has 0 spiro atoms. The molecule has 2 atom stereocenters. The molecule has 0 bridgehead atoms. The van der Waals surface area contributed by atoms with Crippen molar-refractivity contribution < 1.29 is 19.1 Å². The number of hydroxylamine groups is 1. The third kappa shape index (κ3) is 6.92. The van der Waals surface area contributed by atoms with Gasteiger partial charge in [-0.25, -0.2) is 15.0 Å². The van der Waals surface area contributed by atoms with Gasteiger partial charge in [-0.2, -0.15) is 0 Å². The maximum Gasteiger partial charge on any atom is 0.247 e. The van der Waals surface area contributed by atoms with Crippen molar-refractivity contribution in [3.63, 3.8) is 0 Å². The molecule has 2 N–H and O–H groups in total. The van der Waals surface area contributed by atoms with Crippen LogP contribution in [0.5, 0.6) is 17.2 Å². The van der Waals surface area contributed by atoms with Crippen LogP contribution in [-0.4, -0.2) is 66.2 Å². The standard InChI is InChI=1S/C37H41N7O4/c1-4-37(45)41-30-20-31(34(46-3)21-33(30)42-16-17-43(25(2)23-42)27-13-14-27)40-35-22-36(39-24-38-35)44-32(15-18-47-44)26-9-8-12-29(19-26)48-28-10-6-5-7-11-28/h4-12,19-22,24-25,27,32H,1,13-18,23H2,2-3H3,(H,41,45)(H,38,39,40). The zero-order valence-corrected chi connectivity index (χ0v) is 27.3. The van der Waals surface area contributed by atoms with Crippen LogP contribution >= 0.6 is 0 Å². The van der Waals surface area contributed by atoms with Crippen molar-refractivity contribution in [2.75, 3.05) is 53.9 Å². The van der Waals surface area contributed by atoms with E-state index in [1.54, 1.807) is 7.11 Å². The van der Waals surface area contributed by atoms with Crippen LogP contribution in [0.1, 0.15) is 37.8 Å². The number of aromatic nitrogens is 2. The van der Waals surface area contributed by atoms with Crippen molar-refractivity contribution in [2.45, 2.75) is 44.3 Å². The second-order valence-electron chi connectivity index (χ2n) is 12.4. The Hall–Kier alpha value is -5.13. The van der Waals surface area contributed by atoms with E-state index in [0.29, 0.717) is 47.5 Å². The number of piperazine rings is 1. The molecular weight excluding hydrogens is 606 g/mol. The van der Waals surface area contributed by atoms with Gasteiger partial charge in [0.15, 0.2) is 5.82 Å². The van der Waals surface area contributed by atoms with Gasteiger partial charge < -0.3 is 25.0 Å². The molecule has 3 aromatic carbocycles. The largest absolute Gasteiger partial charge is 0.494 e. The number of hydrogen-bond donors (Lipinski definition) is 2. The van der Waals surface area contributed by atoms with Crippen LogP contribution in [0, 0.1) is 0 Å². The number of carbonyl (C=O) groups excluding carboxylic acids is 1. The summed E-state index contributed by atoms with van der Waals surface area (Å²) < 4.78 is 12.0. The highest BCUT2D eigenvalue weighted by molar-refractivity contribution is 6.02. The Morgan fingerprint density at radius 3 is 2.58 bits per heavy atom. The Kier molecular flexibility index (Phi) is 9.13. The second kappa shape index (κ2) is 13.9. The maximum atomic E-state index is 12.6. The Bertz CT molecular complexity index is 1770. The highest BCUT2D eigenvalue weighted by Gasteiger charge is 2.36. The van der Waals surface area contributed by atoms with Gasteiger partial charge in [0.25, 0.3) is 0 Å². The van der Waals surface area contributed by atoms with Gasteiger partial charge in [-0.05, 0) is 61.7 Å². The minimum absolute atomic E-state index is 0.0654. The predicted octanol–water partition coefficient (Wildman–Crippen LogP) is 6.70. The van der Waals surface area contributed by atoms with Crippen molar-refractivity contribution in [1.82, 2.24) is 14.9 Å². The number of nitrogens with zero attached hydrogens (tertiary/aromatic N) is 5. The summed E-state index contributed by atoms with van der Waals surface area (Å²) >= 11 is 0. The minimum atomic E-state index is -0.281. The van der Waals surface area contributed by atoms with Crippen molar-refractivity contribution >= 4 is 34.6 Å². The molecule has 2 unspecified atom stereocenters. The first kappa shape index (κ1) is 31.5. The molecular formula is C37H41N7O4. The molecule has 7 rings (SSSR count). The predicted molar refractivity (Wildman–Crippen MR) is 187 cm³/mol. The highest BCUT2D eigenvalue weighted by atomic mass is 16.7. The smallest absolute Gasteiger partial charge is 0.247 e. The molecule has 11 heteroatoms. The fraction of sp³-hybridized carbons (Fsp3) is 0.324.